The lowest BCUT2D eigenvalue weighted by Gasteiger charge is -2.27. The van der Waals surface area contributed by atoms with Crippen molar-refractivity contribution in [2.24, 2.45) is 0 Å². The van der Waals surface area contributed by atoms with Gasteiger partial charge in [0.05, 0.1) is 35.1 Å². The van der Waals surface area contributed by atoms with Crippen LogP contribution in [0.15, 0.2) is 47.4 Å². The summed E-state index contributed by atoms with van der Waals surface area (Å²) in [5.41, 5.74) is 1.31. The number of rotatable bonds is 4. The molecule has 1 aliphatic heterocycles. The van der Waals surface area contributed by atoms with E-state index in [0.717, 1.165) is 4.90 Å². The van der Waals surface area contributed by atoms with Gasteiger partial charge < -0.3 is 15.0 Å². The molecule has 1 N–H and O–H groups in total. The minimum atomic E-state index is -0.340. The van der Waals surface area contributed by atoms with E-state index < -0.39 is 0 Å². The van der Waals surface area contributed by atoms with E-state index in [1.165, 1.54) is 11.8 Å². The normalized spacial score (nSPS) is 14.2. The smallest absolute Gasteiger partial charge is 0.257 e. The molecule has 0 aliphatic carbocycles. The van der Waals surface area contributed by atoms with E-state index in [4.69, 9.17) is 16.3 Å². The molecule has 1 heterocycles. The third-order valence-corrected chi connectivity index (χ3v) is 5.18. The number of halogens is 1. The van der Waals surface area contributed by atoms with E-state index in [0.29, 0.717) is 48.1 Å². The summed E-state index contributed by atoms with van der Waals surface area (Å²) in [6.07, 6.45) is 1.93. The Hall–Kier alpha value is -2.02. The first-order valence-corrected chi connectivity index (χ1v) is 9.81. The summed E-state index contributed by atoms with van der Waals surface area (Å²) in [6, 6.07) is 12.3. The Morgan fingerprint density at radius 3 is 2.58 bits per heavy atom. The average Bonchev–Trinajstić information content (AvgIpc) is 2.69. The fourth-order valence-corrected chi connectivity index (χ4v) is 3.35. The number of nitrogens with one attached hydrogen (secondary N) is 1. The van der Waals surface area contributed by atoms with Crippen molar-refractivity contribution in [3.8, 4) is 0 Å². The van der Waals surface area contributed by atoms with Crippen LogP contribution in [0.5, 0.6) is 0 Å². The Kier molecular flexibility index (Phi) is 6.19. The van der Waals surface area contributed by atoms with Crippen LogP contribution in [0.1, 0.15) is 20.7 Å². The molecule has 7 heteroatoms. The average molecular weight is 391 g/mol. The standard InChI is InChI=1S/C19H19ClN2O3S/c1-26-13-6-7-16(20)15(12-13)18(23)21-17-5-3-2-4-14(17)19(24)22-8-10-25-11-9-22/h2-7,12H,8-11H2,1H3,(H,21,23). The van der Waals surface area contributed by atoms with Crippen LogP contribution in [0.2, 0.25) is 5.02 Å². The summed E-state index contributed by atoms with van der Waals surface area (Å²) in [5.74, 6) is -0.457. The van der Waals surface area contributed by atoms with Crippen LogP contribution >= 0.6 is 23.4 Å². The maximum Gasteiger partial charge on any atom is 0.257 e. The highest BCUT2D eigenvalue weighted by Crippen LogP contribution is 2.25. The zero-order valence-electron chi connectivity index (χ0n) is 14.3. The highest BCUT2D eigenvalue weighted by molar-refractivity contribution is 7.98. The molecule has 5 nitrogen and oxygen atoms in total. The molecule has 0 bridgehead atoms. The predicted octanol–water partition coefficient (Wildman–Crippen LogP) is 3.79. The molecule has 26 heavy (non-hydrogen) atoms. The van der Waals surface area contributed by atoms with Crippen LogP contribution in [0.25, 0.3) is 0 Å². The largest absolute Gasteiger partial charge is 0.378 e. The summed E-state index contributed by atoms with van der Waals surface area (Å²) in [4.78, 5) is 28.2. The molecule has 0 spiro atoms. The predicted molar refractivity (Wildman–Crippen MR) is 104 cm³/mol. The number of carbonyl (C=O) groups excluding carboxylic acids is 2. The summed E-state index contributed by atoms with van der Waals surface area (Å²) < 4.78 is 5.29. The zero-order chi connectivity index (χ0) is 18.5. The SMILES string of the molecule is CSc1ccc(Cl)c(C(=O)Nc2ccccc2C(=O)N2CCOCC2)c1. The van der Waals surface area contributed by atoms with Crippen LogP contribution in [0.3, 0.4) is 0 Å². The lowest BCUT2D eigenvalue weighted by atomic mass is 10.1. The highest BCUT2D eigenvalue weighted by Gasteiger charge is 2.22. The number of nitrogens with zero attached hydrogens (tertiary/aromatic N) is 1. The summed E-state index contributed by atoms with van der Waals surface area (Å²) in [5, 5.41) is 3.20. The zero-order valence-corrected chi connectivity index (χ0v) is 15.9. The van der Waals surface area contributed by atoms with Gasteiger partial charge in [-0.3, -0.25) is 9.59 Å². The molecule has 1 fully saturated rings. The molecule has 136 valence electrons. The maximum atomic E-state index is 12.8. The van der Waals surface area contributed by atoms with Crippen LogP contribution in [-0.2, 0) is 4.74 Å². The molecule has 1 aliphatic rings. The topological polar surface area (TPSA) is 58.6 Å². The fourth-order valence-electron chi connectivity index (χ4n) is 2.71. The van der Waals surface area contributed by atoms with E-state index in [9.17, 15) is 9.59 Å². The number of anilines is 1. The van der Waals surface area contributed by atoms with Gasteiger partial charge in [-0.05, 0) is 36.6 Å². The molecule has 0 radical (unpaired) electrons. The Bertz CT molecular complexity index is 822. The van der Waals surface area contributed by atoms with Gasteiger partial charge in [-0.1, -0.05) is 23.7 Å². The summed E-state index contributed by atoms with van der Waals surface area (Å²) in [7, 11) is 0. The third kappa shape index (κ3) is 4.20. The van der Waals surface area contributed by atoms with Gasteiger partial charge in [0, 0.05) is 18.0 Å². The Labute approximate surface area is 161 Å². The fraction of sp³-hybridized carbons (Fsp3) is 0.263. The van der Waals surface area contributed by atoms with Gasteiger partial charge in [0.25, 0.3) is 11.8 Å². The van der Waals surface area contributed by atoms with Crippen molar-refractivity contribution in [1.82, 2.24) is 4.90 Å². The molecular weight excluding hydrogens is 372 g/mol. The first kappa shape index (κ1) is 18.8. The maximum absolute atomic E-state index is 12.8. The van der Waals surface area contributed by atoms with Gasteiger partial charge in [-0.15, -0.1) is 11.8 Å². The van der Waals surface area contributed by atoms with Crippen LogP contribution in [0.4, 0.5) is 5.69 Å². The van der Waals surface area contributed by atoms with Gasteiger partial charge in [0.1, 0.15) is 0 Å². The molecule has 2 aromatic rings. The summed E-state index contributed by atoms with van der Waals surface area (Å²) >= 11 is 7.71. The Morgan fingerprint density at radius 2 is 1.85 bits per heavy atom. The van der Waals surface area contributed by atoms with E-state index in [1.54, 1.807) is 41.3 Å². The quantitative estimate of drug-likeness (QED) is 0.807. The van der Waals surface area contributed by atoms with Gasteiger partial charge >= 0.3 is 0 Å². The van der Waals surface area contributed by atoms with E-state index >= 15 is 0 Å². The second-order valence-electron chi connectivity index (χ2n) is 5.75. The Morgan fingerprint density at radius 1 is 1.12 bits per heavy atom. The van der Waals surface area contributed by atoms with Crippen molar-refractivity contribution in [2.45, 2.75) is 4.90 Å². The lowest BCUT2D eigenvalue weighted by molar-refractivity contribution is 0.0303. The van der Waals surface area contributed by atoms with Gasteiger partial charge in [0.2, 0.25) is 0 Å². The first-order valence-electron chi connectivity index (χ1n) is 8.21. The number of morpholine rings is 1. The van der Waals surface area contributed by atoms with Crippen molar-refractivity contribution >= 4 is 40.9 Å². The molecule has 3 rings (SSSR count). The minimum absolute atomic E-state index is 0.117. The third-order valence-electron chi connectivity index (χ3n) is 4.12. The van der Waals surface area contributed by atoms with Crippen molar-refractivity contribution in [3.63, 3.8) is 0 Å². The molecule has 0 aromatic heterocycles. The summed E-state index contributed by atoms with van der Waals surface area (Å²) in [6.45, 7) is 2.14. The number of thioether (sulfide) groups is 1. The first-order chi connectivity index (χ1) is 12.6. The monoisotopic (exact) mass is 390 g/mol. The number of hydrogen-bond donors (Lipinski definition) is 1. The van der Waals surface area contributed by atoms with E-state index in [1.807, 2.05) is 12.3 Å². The van der Waals surface area contributed by atoms with Crippen LogP contribution < -0.4 is 5.32 Å². The molecule has 0 saturated carbocycles. The number of amides is 2. The van der Waals surface area contributed by atoms with Gasteiger partial charge in [-0.2, -0.15) is 0 Å². The molecule has 1 saturated heterocycles. The lowest BCUT2D eigenvalue weighted by Crippen LogP contribution is -2.41. The van der Waals surface area contributed by atoms with Crippen LogP contribution in [-0.4, -0.2) is 49.3 Å². The number of benzene rings is 2. The molecule has 2 aromatic carbocycles. The van der Waals surface area contributed by atoms with Crippen molar-refractivity contribution in [2.75, 3.05) is 37.9 Å². The number of hydrogen-bond acceptors (Lipinski definition) is 4. The van der Waals surface area contributed by atoms with Crippen LogP contribution in [0, 0.1) is 0 Å². The number of carbonyl (C=O) groups is 2. The minimum Gasteiger partial charge on any atom is -0.378 e. The molecular formula is C19H19ClN2O3S. The molecule has 0 unspecified atom stereocenters. The van der Waals surface area contributed by atoms with Crippen molar-refractivity contribution in [3.05, 3.63) is 58.6 Å². The van der Waals surface area contributed by atoms with Gasteiger partial charge in [-0.25, -0.2) is 0 Å². The second kappa shape index (κ2) is 8.58. The van der Waals surface area contributed by atoms with Crippen molar-refractivity contribution in [1.29, 1.82) is 0 Å². The Balaban J connectivity index is 1.84. The number of ether oxygens (including phenoxy) is 1. The second-order valence-corrected chi connectivity index (χ2v) is 7.04. The van der Waals surface area contributed by atoms with Crippen molar-refractivity contribution < 1.29 is 14.3 Å². The highest BCUT2D eigenvalue weighted by atomic mass is 35.5. The van der Waals surface area contributed by atoms with Gasteiger partial charge in [0.15, 0.2) is 0 Å². The molecule has 0 atom stereocenters. The van der Waals surface area contributed by atoms with E-state index in [-0.39, 0.29) is 11.8 Å². The molecule has 2 amide bonds. The number of para-hydroxylation sites is 1. The van der Waals surface area contributed by atoms with E-state index in [2.05, 4.69) is 5.32 Å².